The van der Waals surface area contributed by atoms with E-state index in [1.165, 1.54) is 32.8 Å². The summed E-state index contributed by atoms with van der Waals surface area (Å²) in [5, 5.41) is 0. The molecule has 1 spiro atoms. The highest BCUT2D eigenvalue weighted by atomic mass is 16.5. The van der Waals surface area contributed by atoms with Gasteiger partial charge in [-0.15, -0.1) is 0 Å². The Morgan fingerprint density at radius 3 is 2.07 bits per heavy atom. The maximum Gasteiger partial charge on any atom is 0.325 e. The van der Waals surface area contributed by atoms with Crippen LogP contribution >= 0.6 is 0 Å². The highest BCUT2D eigenvalue weighted by Crippen LogP contribution is 2.50. The summed E-state index contributed by atoms with van der Waals surface area (Å²) in [6.45, 7) is 0. The molecule has 2 rings (SSSR count). The Morgan fingerprint density at radius 1 is 1.07 bits per heavy atom. The Hall–Kier alpha value is -0.570. The summed E-state index contributed by atoms with van der Waals surface area (Å²) >= 11 is 0. The van der Waals surface area contributed by atoms with E-state index in [4.69, 9.17) is 10.5 Å². The van der Waals surface area contributed by atoms with Crippen LogP contribution in [-0.4, -0.2) is 18.6 Å². The second-order valence-electron chi connectivity index (χ2n) is 5.35. The summed E-state index contributed by atoms with van der Waals surface area (Å²) in [6.07, 6.45) is 9.22. The molecule has 2 fully saturated rings. The predicted molar refractivity (Wildman–Crippen MR) is 58.3 cm³/mol. The van der Waals surface area contributed by atoms with E-state index in [0.29, 0.717) is 5.41 Å². The molecule has 0 aromatic rings. The van der Waals surface area contributed by atoms with Crippen molar-refractivity contribution >= 4 is 5.97 Å². The summed E-state index contributed by atoms with van der Waals surface area (Å²) in [5.41, 5.74) is 5.92. The van der Waals surface area contributed by atoms with Crippen molar-refractivity contribution < 1.29 is 9.53 Å². The quantitative estimate of drug-likeness (QED) is 0.675. The SMILES string of the molecule is COC(=O)C1(N)CCC2(CCCC2)CC1. The first-order chi connectivity index (χ1) is 7.10. The summed E-state index contributed by atoms with van der Waals surface area (Å²) in [5.74, 6) is -0.227. The molecule has 2 saturated carbocycles. The Balaban J connectivity index is 1.99. The van der Waals surface area contributed by atoms with Gasteiger partial charge in [-0.25, -0.2) is 0 Å². The maximum atomic E-state index is 11.5. The lowest BCUT2D eigenvalue weighted by atomic mass is 9.67. The van der Waals surface area contributed by atoms with Gasteiger partial charge in [0, 0.05) is 0 Å². The normalized spacial score (nSPS) is 27.9. The number of esters is 1. The minimum Gasteiger partial charge on any atom is -0.468 e. The van der Waals surface area contributed by atoms with Crippen molar-refractivity contribution in [2.45, 2.75) is 56.9 Å². The fourth-order valence-corrected chi connectivity index (χ4v) is 3.26. The fraction of sp³-hybridized carbons (Fsp3) is 0.917. The number of hydrogen-bond donors (Lipinski definition) is 1. The molecule has 2 aliphatic carbocycles. The third-order valence-corrected chi connectivity index (χ3v) is 4.46. The minimum atomic E-state index is -0.692. The molecule has 0 radical (unpaired) electrons. The molecule has 0 atom stereocenters. The van der Waals surface area contributed by atoms with E-state index in [0.717, 1.165) is 25.7 Å². The zero-order valence-electron chi connectivity index (χ0n) is 9.55. The van der Waals surface area contributed by atoms with Crippen molar-refractivity contribution in [3.05, 3.63) is 0 Å². The number of rotatable bonds is 1. The number of nitrogens with two attached hydrogens (primary N) is 1. The van der Waals surface area contributed by atoms with Crippen LogP contribution in [0.5, 0.6) is 0 Å². The summed E-state index contributed by atoms with van der Waals surface area (Å²) in [6, 6.07) is 0. The molecule has 2 N–H and O–H groups in total. The molecule has 15 heavy (non-hydrogen) atoms. The molecule has 86 valence electrons. The van der Waals surface area contributed by atoms with Gasteiger partial charge in [0.05, 0.1) is 7.11 Å². The molecule has 2 aliphatic rings. The summed E-state index contributed by atoms with van der Waals surface area (Å²) in [4.78, 5) is 11.5. The highest BCUT2D eigenvalue weighted by molar-refractivity contribution is 5.80. The van der Waals surface area contributed by atoms with E-state index >= 15 is 0 Å². The van der Waals surface area contributed by atoms with Gasteiger partial charge in [0.1, 0.15) is 5.54 Å². The van der Waals surface area contributed by atoms with E-state index in [9.17, 15) is 4.79 Å². The topological polar surface area (TPSA) is 52.3 Å². The van der Waals surface area contributed by atoms with Gasteiger partial charge in [0.15, 0.2) is 0 Å². The highest BCUT2D eigenvalue weighted by Gasteiger charge is 2.46. The molecule has 0 heterocycles. The lowest BCUT2D eigenvalue weighted by molar-refractivity contribution is -0.149. The van der Waals surface area contributed by atoms with Gasteiger partial charge in [-0.05, 0) is 43.9 Å². The largest absolute Gasteiger partial charge is 0.468 e. The Bertz CT molecular complexity index is 246. The average Bonchev–Trinajstić information content (AvgIpc) is 2.71. The number of hydrogen-bond acceptors (Lipinski definition) is 3. The van der Waals surface area contributed by atoms with Crippen LogP contribution < -0.4 is 5.73 Å². The molecule has 0 amide bonds. The van der Waals surface area contributed by atoms with Crippen molar-refractivity contribution in [3.8, 4) is 0 Å². The smallest absolute Gasteiger partial charge is 0.325 e. The van der Waals surface area contributed by atoms with Gasteiger partial charge in [0.2, 0.25) is 0 Å². The van der Waals surface area contributed by atoms with Gasteiger partial charge < -0.3 is 10.5 Å². The second kappa shape index (κ2) is 3.78. The minimum absolute atomic E-state index is 0.227. The molecule has 0 unspecified atom stereocenters. The van der Waals surface area contributed by atoms with Crippen LogP contribution in [0.2, 0.25) is 0 Å². The fourth-order valence-electron chi connectivity index (χ4n) is 3.26. The average molecular weight is 211 g/mol. The summed E-state index contributed by atoms with van der Waals surface area (Å²) < 4.78 is 4.78. The number of carbonyl (C=O) groups is 1. The van der Waals surface area contributed by atoms with E-state index in [-0.39, 0.29) is 5.97 Å². The first-order valence-corrected chi connectivity index (χ1v) is 5.98. The van der Waals surface area contributed by atoms with Gasteiger partial charge in [-0.1, -0.05) is 12.8 Å². The Kier molecular flexibility index (Phi) is 2.75. The molecule has 0 bridgehead atoms. The standard InChI is InChI=1S/C12H21NO2/c1-15-10(14)12(13)8-6-11(7-9-12)4-2-3-5-11/h2-9,13H2,1H3. The maximum absolute atomic E-state index is 11.5. The monoisotopic (exact) mass is 211 g/mol. The number of ether oxygens (including phenoxy) is 1. The third-order valence-electron chi connectivity index (χ3n) is 4.46. The molecule has 0 aromatic carbocycles. The van der Waals surface area contributed by atoms with Crippen molar-refractivity contribution in [3.63, 3.8) is 0 Å². The van der Waals surface area contributed by atoms with Crippen molar-refractivity contribution in [1.82, 2.24) is 0 Å². The van der Waals surface area contributed by atoms with Gasteiger partial charge in [-0.3, -0.25) is 4.79 Å². The first kappa shape index (κ1) is 10.9. The molecular weight excluding hydrogens is 190 g/mol. The predicted octanol–water partition coefficient (Wildman–Crippen LogP) is 1.99. The first-order valence-electron chi connectivity index (χ1n) is 5.98. The van der Waals surface area contributed by atoms with Crippen molar-refractivity contribution in [2.75, 3.05) is 7.11 Å². The van der Waals surface area contributed by atoms with Crippen LogP contribution in [0.3, 0.4) is 0 Å². The van der Waals surface area contributed by atoms with Crippen LogP contribution in [0.15, 0.2) is 0 Å². The van der Waals surface area contributed by atoms with Crippen LogP contribution in [-0.2, 0) is 9.53 Å². The van der Waals surface area contributed by atoms with E-state index in [2.05, 4.69) is 0 Å². The molecular formula is C12H21NO2. The zero-order valence-corrected chi connectivity index (χ0v) is 9.55. The van der Waals surface area contributed by atoms with E-state index in [1.807, 2.05) is 0 Å². The second-order valence-corrected chi connectivity index (χ2v) is 5.35. The van der Waals surface area contributed by atoms with E-state index in [1.54, 1.807) is 0 Å². The lowest BCUT2D eigenvalue weighted by Gasteiger charge is -2.41. The van der Waals surface area contributed by atoms with Gasteiger partial charge in [-0.2, -0.15) is 0 Å². The Morgan fingerprint density at radius 2 is 1.60 bits per heavy atom. The van der Waals surface area contributed by atoms with Crippen LogP contribution in [0.25, 0.3) is 0 Å². The zero-order chi connectivity index (χ0) is 10.9. The molecule has 0 aromatic heterocycles. The molecule has 0 saturated heterocycles. The van der Waals surface area contributed by atoms with Crippen LogP contribution in [0, 0.1) is 5.41 Å². The third kappa shape index (κ3) is 1.89. The van der Waals surface area contributed by atoms with Crippen LogP contribution in [0.1, 0.15) is 51.4 Å². The van der Waals surface area contributed by atoms with Crippen molar-refractivity contribution in [2.24, 2.45) is 11.1 Å². The van der Waals surface area contributed by atoms with Crippen LogP contribution in [0.4, 0.5) is 0 Å². The number of methoxy groups -OCH3 is 1. The Labute approximate surface area is 91.4 Å². The van der Waals surface area contributed by atoms with Gasteiger partial charge >= 0.3 is 5.97 Å². The molecule has 0 aliphatic heterocycles. The number of carbonyl (C=O) groups excluding carboxylic acids is 1. The van der Waals surface area contributed by atoms with Crippen molar-refractivity contribution in [1.29, 1.82) is 0 Å². The van der Waals surface area contributed by atoms with Gasteiger partial charge in [0.25, 0.3) is 0 Å². The molecule has 3 heteroatoms. The molecule has 3 nitrogen and oxygen atoms in total. The lowest BCUT2D eigenvalue weighted by Crippen LogP contribution is -2.52. The van der Waals surface area contributed by atoms with E-state index < -0.39 is 5.54 Å². The summed E-state index contributed by atoms with van der Waals surface area (Å²) in [7, 11) is 1.43.